The SMILES string of the molecule is Cc1nn(-c2ccccc2)c([O-])c1N=Nc1cc([N+](=O)[O-])ccc1[O-].O=[N+]([O-])c1cc(N=Nc2c([O-])ccc3ccccc23)c([O-])c(S(=O)(=O)[O-])c1.[Cr+3].[H+].[H+]. The van der Waals surface area contributed by atoms with Crippen molar-refractivity contribution in [3.63, 3.8) is 0 Å². The average molecular weight is 778 g/mol. The van der Waals surface area contributed by atoms with Gasteiger partial charge >= 0.3 is 20.2 Å². The maximum absolute atomic E-state index is 12.4. The van der Waals surface area contributed by atoms with Gasteiger partial charge in [-0.3, -0.25) is 20.2 Å². The van der Waals surface area contributed by atoms with Gasteiger partial charge in [0.15, 0.2) is 0 Å². The fourth-order valence-electron chi connectivity index (χ4n) is 4.54. The summed E-state index contributed by atoms with van der Waals surface area (Å²) >= 11 is 0. The van der Waals surface area contributed by atoms with Crippen molar-refractivity contribution in [1.82, 2.24) is 9.78 Å². The van der Waals surface area contributed by atoms with Crippen molar-refractivity contribution in [3.8, 4) is 28.8 Å². The monoisotopic (exact) mass is 777 g/mol. The number of aryl methyl sites for hydroxylation is 1. The van der Waals surface area contributed by atoms with Gasteiger partial charge in [-0.05, 0) is 24.4 Å². The summed E-state index contributed by atoms with van der Waals surface area (Å²) in [4.78, 5) is 18.8. The van der Waals surface area contributed by atoms with Crippen molar-refractivity contribution in [2.24, 2.45) is 20.5 Å². The standard InChI is InChI=1S/C16H13N5O4.C16H11N3O7S.Cr/c1-10-15(16(23)20(19-10)11-5-3-2-4-6-11)18-17-13-9-12(21(24)25)7-8-14(13)22;20-13-6-5-9-3-1-2-4-11(9)15(13)18-17-12-7-10(19(22)23)8-14(16(12)21)27(24,25)26;/h2-9,22-23H,1H3;1-8,20-21H,(H,24,25,26);/q;;+3/p-3. The van der Waals surface area contributed by atoms with Crippen molar-refractivity contribution in [2.45, 2.75) is 11.8 Å². The van der Waals surface area contributed by atoms with Gasteiger partial charge in [-0.2, -0.15) is 20.4 Å². The number of aromatic nitrogens is 2. The number of non-ortho nitro benzene ring substituents is 2. The minimum atomic E-state index is -5.27. The molecule has 0 bridgehead atoms. The third-order valence-corrected chi connectivity index (χ3v) is 7.86. The van der Waals surface area contributed by atoms with Crippen LogP contribution in [0.1, 0.15) is 8.55 Å². The number of para-hydroxylation sites is 1. The van der Waals surface area contributed by atoms with E-state index >= 15 is 0 Å². The molecule has 19 nitrogen and oxygen atoms in total. The first kappa shape index (κ1) is 39.0. The average Bonchev–Trinajstić information content (AvgIpc) is 3.40. The van der Waals surface area contributed by atoms with Crippen LogP contribution in [0.3, 0.4) is 0 Å². The summed E-state index contributed by atoms with van der Waals surface area (Å²) in [5, 5.41) is 89.9. The molecule has 0 unspecified atom stereocenters. The number of hydrogen-bond acceptors (Lipinski definition) is 16. The Kier molecular flexibility index (Phi) is 11.8. The Labute approximate surface area is 311 Å². The van der Waals surface area contributed by atoms with Crippen LogP contribution in [-0.4, -0.2) is 32.6 Å². The maximum atomic E-state index is 12.4. The van der Waals surface area contributed by atoms with Gasteiger partial charge in [0.1, 0.15) is 15.8 Å². The number of hydrogen-bond donors (Lipinski definition) is 0. The fraction of sp³-hybridized carbons (Fsp3) is 0.0312. The quantitative estimate of drug-likeness (QED) is 0.0844. The number of rotatable bonds is 8. The zero-order valence-electron chi connectivity index (χ0n) is 28.6. The summed E-state index contributed by atoms with van der Waals surface area (Å²) in [5.74, 6) is -2.89. The first-order valence-electron chi connectivity index (χ1n) is 14.4. The zero-order valence-corrected chi connectivity index (χ0v) is 28.7. The molecule has 0 amide bonds. The van der Waals surface area contributed by atoms with Crippen LogP contribution in [0.2, 0.25) is 0 Å². The Bertz CT molecular complexity index is 2540. The van der Waals surface area contributed by atoms with E-state index in [9.17, 15) is 53.6 Å². The molecule has 0 aliphatic rings. The van der Waals surface area contributed by atoms with E-state index < -0.39 is 59.4 Å². The Balaban J connectivity index is 0.000000361. The molecule has 0 atom stereocenters. The number of nitro groups is 2. The largest absolute Gasteiger partial charge is 3.00 e. The molecule has 267 valence electrons. The first-order chi connectivity index (χ1) is 24.6. The normalized spacial score (nSPS) is 11.3. The second-order valence-corrected chi connectivity index (χ2v) is 11.8. The van der Waals surface area contributed by atoms with Crippen LogP contribution >= 0.6 is 0 Å². The number of azo groups is 2. The van der Waals surface area contributed by atoms with Gasteiger partial charge in [0.25, 0.3) is 11.4 Å². The van der Waals surface area contributed by atoms with Crippen LogP contribution in [0.15, 0.2) is 122 Å². The van der Waals surface area contributed by atoms with E-state index in [-0.39, 0.29) is 43.0 Å². The number of benzene rings is 5. The molecule has 0 aliphatic carbocycles. The Morgan fingerprint density at radius 1 is 0.698 bits per heavy atom. The molecule has 6 rings (SSSR count). The summed E-state index contributed by atoms with van der Waals surface area (Å²) < 4.78 is 34.7. The minimum Gasteiger partial charge on any atom is -0.871 e. The van der Waals surface area contributed by atoms with E-state index in [1.807, 2.05) is 6.07 Å². The number of fused-ring (bicyclic) bond motifs is 1. The van der Waals surface area contributed by atoms with Crippen molar-refractivity contribution in [1.29, 1.82) is 0 Å². The summed E-state index contributed by atoms with van der Waals surface area (Å²) in [7, 11) is -5.27. The Morgan fingerprint density at radius 2 is 1.28 bits per heavy atom. The molecule has 0 N–H and O–H groups in total. The van der Waals surface area contributed by atoms with E-state index in [0.717, 1.165) is 18.2 Å². The van der Waals surface area contributed by atoms with Crippen molar-refractivity contribution in [3.05, 3.63) is 123 Å². The molecule has 21 heteroatoms. The molecule has 5 aromatic carbocycles. The van der Waals surface area contributed by atoms with Gasteiger partial charge in [-0.15, -0.1) is 5.11 Å². The smallest absolute Gasteiger partial charge is 0.871 e. The van der Waals surface area contributed by atoms with Crippen molar-refractivity contribution in [2.75, 3.05) is 0 Å². The first-order valence-corrected chi connectivity index (χ1v) is 15.8. The topological polar surface area (TPSA) is 303 Å². The van der Waals surface area contributed by atoms with Crippen LogP contribution in [-0.2, 0) is 27.5 Å². The van der Waals surface area contributed by atoms with E-state index in [0.29, 0.717) is 34.3 Å². The second kappa shape index (κ2) is 16.0. The van der Waals surface area contributed by atoms with E-state index in [4.69, 9.17) is 0 Å². The summed E-state index contributed by atoms with van der Waals surface area (Å²) in [5.41, 5.74) is -1.34. The third-order valence-electron chi connectivity index (χ3n) is 7.02. The molecule has 1 aromatic heterocycles. The molecular formula is C32H21CrN8O11S. The zero-order chi connectivity index (χ0) is 37.7. The molecule has 0 saturated heterocycles. The summed E-state index contributed by atoms with van der Waals surface area (Å²) in [6.45, 7) is 1.58. The van der Waals surface area contributed by atoms with Gasteiger partial charge in [0, 0.05) is 35.5 Å². The molecule has 0 saturated carbocycles. The van der Waals surface area contributed by atoms with Crippen LogP contribution in [0, 0.1) is 27.2 Å². The van der Waals surface area contributed by atoms with E-state index in [1.54, 1.807) is 61.5 Å². The summed E-state index contributed by atoms with van der Waals surface area (Å²) in [6.07, 6.45) is 0. The third kappa shape index (κ3) is 8.75. The van der Waals surface area contributed by atoms with Crippen LogP contribution in [0.4, 0.5) is 34.1 Å². The second-order valence-electron chi connectivity index (χ2n) is 10.4. The van der Waals surface area contributed by atoms with Crippen molar-refractivity contribution >= 4 is 55.0 Å². The number of nitro benzene ring substituents is 2. The predicted molar refractivity (Wildman–Crippen MR) is 175 cm³/mol. The van der Waals surface area contributed by atoms with Crippen LogP contribution in [0.5, 0.6) is 23.1 Å². The molecule has 0 spiro atoms. The predicted octanol–water partition coefficient (Wildman–Crippen LogP) is 5.09. The fourth-order valence-corrected chi connectivity index (χ4v) is 5.14. The molecular weight excluding hydrogens is 756 g/mol. The van der Waals surface area contributed by atoms with Gasteiger partial charge in [0.05, 0.1) is 43.2 Å². The molecule has 53 heavy (non-hydrogen) atoms. The molecule has 6 aromatic rings. The van der Waals surface area contributed by atoms with Gasteiger partial charge < -0.3 is 25.0 Å². The van der Waals surface area contributed by atoms with Crippen molar-refractivity contribution < 1.29 is 63.5 Å². The minimum absolute atomic E-state index is 0. The molecule has 1 heterocycles. The maximum Gasteiger partial charge on any atom is 3.00 e. The molecule has 1 radical (unpaired) electrons. The number of nitrogens with zero attached hydrogens (tertiary/aromatic N) is 8. The molecule has 0 aliphatic heterocycles. The molecule has 0 fully saturated rings. The van der Waals surface area contributed by atoms with Crippen LogP contribution in [0.25, 0.3) is 16.5 Å². The summed E-state index contributed by atoms with van der Waals surface area (Å²) in [6, 6.07) is 22.4. The Hall–Kier alpha value is -6.79. The Morgan fingerprint density at radius 3 is 1.94 bits per heavy atom. The van der Waals surface area contributed by atoms with Crippen LogP contribution < -0.4 is 20.4 Å². The van der Waals surface area contributed by atoms with Gasteiger partial charge in [0.2, 0.25) is 0 Å². The van der Waals surface area contributed by atoms with E-state index in [2.05, 4.69) is 25.6 Å². The van der Waals surface area contributed by atoms with Gasteiger partial charge in [-0.1, -0.05) is 77.9 Å². The van der Waals surface area contributed by atoms with E-state index in [1.165, 1.54) is 10.7 Å². The van der Waals surface area contributed by atoms with Gasteiger partial charge in [-0.25, -0.2) is 13.1 Å².